The average Bonchev–Trinajstić information content (AvgIpc) is 3.82. The third-order valence-corrected chi connectivity index (χ3v) is 13.3. The van der Waals surface area contributed by atoms with Gasteiger partial charge in [-0.3, -0.25) is 14.6 Å². The Balaban J connectivity index is 1.44. The Morgan fingerprint density at radius 3 is 2.44 bits per heavy atom. The highest BCUT2D eigenvalue weighted by atomic mass is 19.1. The van der Waals surface area contributed by atoms with Gasteiger partial charge in [-0.15, -0.1) is 12.3 Å². The zero-order chi connectivity index (χ0) is 44.9. The summed E-state index contributed by atoms with van der Waals surface area (Å²) >= 11 is 0. The minimum absolute atomic E-state index is 0.0407. The van der Waals surface area contributed by atoms with Gasteiger partial charge in [-0.05, 0) is 79.0 Å². The smallest absolute Gasteiger partial charge is 0.410 e. The molecule has 5 rings (SSSR count). The highest BCUT2D eigenvalue weighted by Gasteiger charge is 2.61. The van der Waals surface area contributed by atoms with E-state index in [1.54, 1.807) is 53.3 Å². The lowest BCUT2D eigenvalue weighted by atomic mass is 9.73. The van der Waals surface area contributed by atoms with E-state index in [9.17, 15) is 19.2 Å². The molecule has 2 aromatic heterocycles. The zero-order valence-electron chi connectivity index (χ0n) is 37.6. The van der Waals surface area contributed by atoms with Crippen LogP contribution in [0.4, 0.5) is 9.18 Å². The lowest BCUT2D eigenvalue weighted by Crippen LogP contribution is -2.60. The molecule has 0 saturated carbocycles. The summed E-state index contributed by atoms with van der Waals surface area (Å²) in [6, 6.07) is 2.93. The fraction of sp³-hybridized carbons (Fsp3) is 0.696. The van der Waals surface area contributed by atoms with Gasteiger partial charge in [-0.2, -0.15) is 0 Å². The maximum Gasteiger partial charge on any atom is 0.410 e. The first kappa shape index (κ1) is 47.8. The number of ketones is 2. The van der Waals surface area contributed by atoms with Crippen molar-refractivity contribution in [2.45, 2.75) is 160 Å². The van der Waals surface area contributed by atoms with Crippen molar-refractivity contribution in [1.29, 1.82) is 0 Å². The van der Waals surface area contributed by atoms with Crippen LogP contribution < -0.4 is 0 Å². The quantitative estimate of drug-likeness (QED) is 0.0944. The largest absolute Gasteiger partial charge is 0.455 e. The number of amides is 1. The van der Waals surface area contributed by atoms with E-state index in [2.05, 4.69) is 20.8 Å². The SMILES string of the molecule is C#CCCN(C)[C@@H]1C[C@H](O[C@@H]2[C@@H](C)C(=O)[C@](C)(F)C(=O)O[C@H](CC)[C@@]3(C)OC(=O)N(CCCCn4cnc(-c5cccnc5)c4)C3[C@@H](C)C(=O)[C@H](C)C[C@@]2(C)OC)O[C@H](C)C1. The number of alkyl halides is 1. The number of carbonyl (C=O) groups is 4. The zero-order valence-corrected chi connectivity index (χ0v) is 37.6. The van der Waals surface area contributed by atoms with E-state index in [0.29, 0.717) is 38.8 Å². The highest BCUT2D eigenvalue weighted by molar-refractivity contribution is 6.08. The molecule has 0 spiro atoms. The molecule has 3 aliphatic rings. The number of imidazole rings is 1. The molecule has 336 valence electrons. The van der Waals surface area contributed by atoms with Gasteiger partial charge in [0.05, 0.1) is 35.9 Å². The Morgan fingerprint density at radius 2 is 1.79 bits per heavy atom. The number of nitrogens with zero attached hydrogens (tertiary/aromatic N) is 5. The molecule has 3 aliphatic heterocycles. The van der Waals surface area contributed by atoms with Gasteiger partial charge in [-0.1, -0.05) is 27.7 Å². The number of esters is 1. The van der Waals surface area contributed by atoms with Gasteiger partial charge in [0.25, 0.3) is 5.67 Å². The number of aromatic nitrogens is 3. The van der Waals surface area contributed by atoms with Crippen molar-refractivity contribution in [1.82, 2.24) is 24.3 Å². The van der Waals surface area contributed by atoms with E-state index in [-0.39, 0.29) is 37.3 Å². The maximum atomic E-state index is 17.0. The first-order chi connectivity index (χ1) is 28.8. The second kappa shape index (κ2) is 19.9. The summed E-state index contributed by atoms with van der Waals surface area (Å²) in [4.78, 5) is 69.3. The third-order valence-electron chi connectivity index (χ3n) is 13.3. The third kappa shape index (κ3) is 10.4. The molecular weight excluding hydrogens is 786 g/mol. The first-order valence-corrected chi connectivity index (χ1v) is 21.7. The summed E-state index contributed by atoms with van der Waals surface area (Å²) in [6.45, 7) is 14.4. The van der Waals surface area contributed by atoms with Gasteiger partial charge < -0.3 is 38.1 Å². The topological polar surface area (TPSA) is 152 Å². The van der Waals surface area contributed by atoms with E-state index < -0.39 is 77.0 Å². The fourth-order valence-corrected chi connectivity index (χ4v) is 9.74. The number of carbonyl (C=O) groups excluding carboxylic acids is 4. The molecule has 5 heterocycles. The minimum Gasteiger partial charge on any atom is -0.455 e. The summed E-state index contributed by atoms with van der Waals surface area (Å²) in [5.74, 6) is -2.78. The van der Waals surface area contributed by atoms with Crippen LogP contribution in [0.2, 0.25) is 0 Å². The summed E-state index contributed by atoms with van der Waals surface area (Å²) in [6.07, 6.45) is 11.7. The van der Waals surface area contributed by atoms with Crippen LogP contribution in [0.15, 0.2) is 37.1 Å². The second-order valence-electron chi connectivity index (χ2n) is 17.9. The Hall–Kier alpha value is -4.23. The number of hydrogen-bond acceptors (Lipinski definition) is 12. The van der Waals surface area contributed by atoms with Crippen molar-refractivity contribution < 1.29 is 47.3 Å². The number of Topliss-reactive ketones (excluding diaryl/α,β-unsaturated/α-hetero) is 2. The van der Waals surface area contributed by atoms with Gasteiger partial charge in [0.2, 0.25) is 0 Å². The van der Waals surface area contributed by atoms with Crippen molar-refractivity contribution in [3.63, 3.8) is 0 Å². The summed E-state index contributed by atoms with van der Waals surface area (Å²) in [5.41, 5.74) is -4.36. The standard InChI is InChI=1S/C46H66FN5O9/c1-12-14-20-50(10)34-23-30(4)58-37(24-34)60-41-32(6)40(54)45(8,47)42(55)59-36(13-2)46(9)39(31(5)38(53)29(3)25-44(41,7)57-11)52(43(56)61-46)22-16-15-21-51-27-35(49-28-51)33-18-17-19-48-26-33/h1,17-19,26-32,34,36-37,39,41H,13-16,20-25H2,2-11H3/t29-,30-,31+,32+,34+,36-,37+,39?,41-,44-,45+,46-/m1/s1. The van der Waals surface area contributed by atoms with Gasteiger partial charge in [0.1, 0.15) is 11.9 Å². The van der Waals surface area contributed by atoms with Crippen LogP contribution in [-0.4, -0.2) is 129 Å². The van der Waals surface area contributed by atoms with E-state index in [4.69, 9.17) is 30.1 Å². The molecule has 3 saturated heterocycles. The van der Waals surface area contributed by atoms with Crippen molar-refractivity contribution >= 4 is 23.6 Å². The van der Waals surface area contributed by atoms with E-state index >= 15 is 4.39 Å². The first-order valence-electron chi connectivity index (χ1n) is 21.7. The molecule has 0 bridgehead atoms. The lowest BCUT2D eigenvalue weighted by molar-refractivity contribution is -0.263. The van der Waals surface area contributed by atoms with E-state index in [1.807, 2.05) is 36.9 Å². The summed E-state index contributed by atoms with van der Waals surface area (Å²) in [5, 5.41) is 0. The van der Waals surface area contributed by atoms with Crippen molar-refractivity contribution in [3.8, 4) is 23.6 Å². The normalized spacial score (nSPS) is 35.3. The number of cyclic esters (lactones) is 1. The molecule has 2 aromatic rings. The molecular formula is C46H66FN5O9. The van der Waals surface area contributed by atoms with E-state index in [0.717, 1.165) is 24.6 Å². The van der Waals surface area contributed by atoms with Gasteiger partial charge in [-0.25, -0.2) is 19.0 Å². The van der Waals surface area contributed by atoms with Crippen LogP contribution in [0.5, 0.6) is 0 Å². The number of aryl methyl sites for hydroxylation is 1. The number of terminal acetylenes is 1. The van der Waals surface area contributed by atoms with Gasteiger partial charge in [0.15, 0.2) is 17.7 Å². The van der Waals surface area contributed by atoms with Crippen LogP contribution in [0.3, 0.4) is 0 Å². The molecule has 0 radical (unpaired) electrons. The predicted octanol–water partition coefficient (Wildman–Crippen LogP) is 6.44. The van der Waals surface area contributed by atoms with Crippen LogP contribution in [0.1, 0.15) is 100 Å². The number of rotatable bonds is 13. The summed E-state index contributed by atoms with van der Waals surface area (Å²) in [7, 11) is 3.44. The molecule has 0 aromatic carbocycles. The van der Waals surface area contributed by atoms with Crippen LogP contribution in [0, 0.1) is 30.1 Å². The Labute approximate surface area is 360 Å². The number of halogens is 1. The molecule has 12 atom stereocenters. The van der Waals surface area contributed by atoms with Crippen molar-refractivity contribution in [2.75, 3.05) is 27.2 Å². The number of methoxy groups -OCH3 is 1. The molecule has 1 unspecified atom stereocenters. The van der Waals surface area contributed by atoms with Crippen molar-refractivity contribution in [3.05, 3.63) is 37.1 Å². The molecule has 1 amide bonds. The number of pyridine rings is 1. The molecule has 0 aliphatic carbocycles. The van der Waals surface area contributed by atoms with Crippen molar-refractivity contribution in [2.24, 2.45) is 17.8 Å². The van der Waals surface area contributed by atoms with Gasteiger partial charge in [0, 0.05) is 87.5 Å². The molecule has 14 nitrogen and oxygen atoms in total. The Morgan fingerprint density at radius 1 is 1.07 bits per heavy atom. The Kier molecular flexibility index (Phi) is 15.6. The highest BCUT2D eigenvalue weighted by Crippen LogP contribution is 2.44. The monoisotopic (exact) mass is 851 g/mol. The van der Waals surface area contributed by atoms with Crippen LogP contribution in [0.25, 0.3) is 11.3 Å². The lowest BCUT2D eigenvalue weighted by Gasteiger charge is -2.46. The minimum atomic E-state index is -3.13. The van der Waals surface area contributed by atoms with Gasteiger partial charge >= 0.3 is 12.1 Å². The maximum absolute atomic E-state index is 17.0. The number of fused-ring (bicyclic) bond motifs is 1. The fourth-order valence-electron chi connectivity index (χ4n) is 9.74. The Bertz CT molecular complexity index is 1890. The number of ether oxygens (including phenoxy) is 5. The molecule has 3 fully saturated rings. The van der Waals surface area contributed by atoms with E-state index in [1.165, 1.54) is 18.9 Å². The number of hydrogen-bond donors (Lipinski definition) is 0. The second-order valence-corrected chi connectivity index (χ2v) is 17.9. The molecule has 15 heteroatoms. The predicted molar refractivity (Wildman–Crippen MR) is 226 cm³/mol. The van der Waals surface area contributed by atoms with Crippen LogP contribution in [-0.2, 0) is 44.6 Å². The molecule has 61 heavy (non-hydrogen) atoms. The molecule has 0 N–H and O–H groups in total. The summed E-state index contributed by atoms with van der Waals surface area (Å²) < 4.78 is 50.1. The van der Waals surface area contributed by atoms with Crippen LogP contribution >= 0.6 is 0 Å². The number of unbranched alkanes of at least 4 members (excludes halogenated alkanes) is 1. The average molecular weight is 852 g/mol.